The first-order valence-corrected chi connectivity index (χ1v) is 11.8. The van der Waals surface area contributed by atoms with Crippen molar-refractivity contribution in [3.8, 4) is 10.6 Å². The SMILES string of the molecule is Cc1nc(-c2c(C)c(C)nn(C)c2=O)sc1C(=O)Nc1ccc(CCN2CCCC2)cc1. The second-order valence-corrected chi connectivity index (χ2v) is 9.40. The zero-order valence-electron chi connectivity index (χ0n) is 19.1. The second-order valence-electron chi connectivity index (χ2n) is 8.40. The number of rotatable bonds is 6. The first-order valence-electron chi connectivity index (χ1n) is 11.0. The summed E-state index contributed by atoms with van der Waals surface area (Å²) in [6.07, 6.45) is 3.63. The van der Waals surface area contributed by atoms with Crippen molar-refractivity contribution >= 4 is 22.9 Å². The van der Waals surface area contributed by atoms with Gasteiger partial charge >= 0.3 is 0 Å². The molecule has 1 saturated heterocycles. The molecule has 0 bridgehead atoms. The van der Waals surface area contributed by atoms with Crippen LogP contribution >= 0.6 is 11.3 Å². The molecule has 7 nitrogen and oxygen atoms in total. The Bertz CT molecular complexity index is 1190. The van der Waals surface area contributed by atoms with Gasteiger partial charge in [0.05, 0.1) is 17.0 Å². The summed E-state index contributed by atoms with van der Waals surface area (Å²) in [5.74, 6) is -0.212. The highest BCUT2D eigenvalue weighted by Crippen LogP contribution is 2.29. The number of carbonyl (C=O) groups excluding carboxylic acids is 1. The van der Waals surface area contributed by atoms with Crippen LogP contribution < -0.4 is 10.9 Å². The van der Waals surface area contributed by atoms with Crippen LogP contribution in [0.25, 0.3) is 10.6 Å². The Morgan fingerprint density at radius 1 is 1.09 bits per heavy atom. The Morgan fingerprint density at radius 3 is 2.47 bits per heavy atom. The van der Waals surface area contributed by atoms with E-state index in [1.165, 1.54) is 47.5 Å². The standard InChI is InChI=1S/C24H29N5O2S/c1-15-16(2)27-28(4)24(31)20(15)23-25-17(3)21(32-23)22(30)26-19-9-7-18(8-10-19)11-14-29-12-5-6-13-29/h7-10H,5-6,11-14H2,1-4H3,(H,26,30). The zero-order valence-corrected chi connectivity index (χ0v) is 19.9. The van der Waals surface area contributed by atoms with Gasteiger partial charge in [-0.3, -0.25) is 9.59 Å². The lowest BCUT2D eigenvalue weighted by Gasteiger charge is -2.14. The van der Waals surface area contributed by atoms with E-state index < -0.39 is 0 Å². The number of thiazole rings is 1. The minimum absolute atomic E-state index is 0.210. The van der Waals surface area contributed by atoms with Crippen LogP contribution in [0.5, 0.6) is 0 Å². The molecule has 0 aliphatic carbocycles. The molecule has 4 rings (SSSR count). The van der Waals surface area contributed by atoms with Gasteiger partial charge in [0, 0.05) is 19.3 Å². The summed E-state index contributed by atoms with van der Waals surface area (Å²) in [6, 6.07) is 8.04. The van der Waals surface area contributed by atoms with E-state index in [0.29, 0.717) is 21.1 Å². The van der Waals surface area contributed by atoms with Crippen LogP contribution in [0.1, 0.15) is 45.0 Å². The number of hydrogen-bond donors (Lipinski definition) is 1. The van der Waals surface area contributed by atoms with Gasteiger partial charge in [0.25, 0.3) is 11.5 Å². The first-order chi connectivity index (χ1) is 15.3. The number of anilines is 1. The van der Waals surface area contributed by atoms with Crippen molar-refractivity contribution in [1.82, 2.24) is 19.7 Å². The first kappa shape index (κ1) is 22.4. The maximum Gasteiger partial charge on any atom is 0.277 e. The zero-order chi connectivity index (χ0) is 22.8. The predicted octanol–water partition coefficient (Wildman–Crippen LogP) is 3.72. The smallest absolute Gasteiger partial charge is 0.277 e. The van der Waals surface area contributed by atoms with E-state index in [2.05, 4.69) is 32.4 Å². The van der Waals surface area contributed by atoms with Crippen LogP contribution in [0, 0.1) is 20.8 Å². The summed E-state index contributed by atoms with van der Waals surface area (Å²) in [6.45, 7) is 9.01. The Labute approximate surface area is 192 Å². The van der Waals surface area contributed by atoms with Crippen molar-refractivity contribution in [2.24, 2.45) is 7.05 Å². The molecule has 0 saturated carbocycles. The molecule has 1 amide bonds. The predicted molar refractivity (Wildman–Crippen MR) is 129 cm³/mol. The average molecular weight is 452 g/mol. The normalized spacial score (nSPS) is 14.1. The molecule has 1 aromatic carbocycles. The number of aryl methyl sites for hydroxylation is 3. The van der Waals surface area contributed by atoms with Crippen molar-refractivity contribution in [2.75, 3.05) is 25.0 Å². The van der Waals surface area contributed by atoms with Crippen LogP contribution in [0.15, 0.2) is 29.1 Å². The molecule has 1 fully saturated rings. The molecule has 168 valence electrons. The lowest BCUT2D eigenvalue weighted by atomic mass is 10.1. The van der Waals surface area contributed by atoms with E-state index in [-0.39, 0.29) is 11.5 Å². The monoisotopic (exact) mass is 451 g/mol. The van der Waals surface area contributed by atoms with Gasteiger partial charge in [-0.15, -0.1) is 11.3 Å². The molecule has 0 unspecified atom stereocenters. The van der Waals surface area contributed by atoms with Crippen molar-refractivity contribution < 1.29 is 4.79 Å². The third-order valence-electron chi connectivity index (χ3n) is 6.07. The molecule has 8 heteroatoms. The topological polar surface area (TPSA) is 80.1 Å². The van der Waals surface area contributed by atoms with E-state index in [1.807, 2.05) is 26.0 Å². The van der Waals surface area contributed by atoms with Gasteiger partial charge in [-0.2, -0.15) is 5.10 Å². The van der Waals surface area contributed by atoms with Crippen LogP contribution in [0.2, 0.25) is 0 Å². The second kappa shape index (κ2) is 9.34. The average Bonchev–Trinajstić information content (AvgIpc) is 3.42. The Morgan fingerprint density at radius 2 is 1.78 bits per heavy atom. The highest BCUT2D eigenvalue weighted by Gasteiger charge is 2.21. The van der Waals surface area contributed by atoms with Gasteiger partial charge in [-0.25, -0.2) is 9.67 Å². The van der Waals surface area contributed by atoms with Crippen LogP contribution in [-0.4, -0.2) is 45.2 Å². The van der Waals surface area contributed by atoms with E-state index in [9.17, 15) is 9.59 Å². The van der Waals surface area contributed by atoms with E-state index in [0.717, 1.165) is 29.9 Å². The number of nitrogens with one attached hydrogen (secondary N) is 1. The van der Waals surface area contributed by atoms with E-state index >= 15 is 0 Å². The third-order valence-corrected chi connectivity index (χ3v) is 7.24. The van der Waals surface area contributed by atoms with Crippen molar-refractivity contribution in [3.05, 3.63) is 62.0 Å². The molecule has 1 N–H and O–H groups in total. The molecule has 0 atom stereocenters. The fourth-order valence-electron chi connectivity index (χ4n) is 4.05. The number of hydrogen-bond acceptors (Lipinski definition) is 6. The van der Waals surface area contributed by atoms with E-state index in [1.54, 1.807) is 14.0 Å². The van der Waals surface area contributed by atoms with Crippen molar-refractivity contribution in [3.63, 3.8) is 0 Å². The number of carbonyl (C=O) groups is 1. The number of amides is 1. The number of aromatic nitrogens is 3. The molecule has 3 aromatic rings. The van der Waals surface area contributed by atoms with Gasteiger partial charge in [0.1, 0.15) is 9.88 Å². The number of benzene rings is 1. The molecular formula is C24H29N5O2S. The van der Waals surface area contributed by atoms with E-state index in [4.69, 9.17) is 0 Å². The van der Waals surface area contributed by atoms with Gasteiger partial charge in [0.2, 0.25) is 0 Å². The number of nitrogens with zero attached hydrogens (tertiary/aromatic N) is 4. The third kappa shape index (κ3) is 4.66. The van der Waals surface area contributed by atoms with Crippen LogP contribution in [0.4, 0.5) is 5.69 Å². The van der Waals surface area contributed by atoms with Crippen LogP contribution in [0.3, 0.4) is 0 Å². The molecule has 3 heterocycles. The maximum atomic E-state index is 12.9. The van der Waals surface area contributed by atoms with Crippen LogP contribution in [-0.2, 0) is 13.5 Å². The summed E-state index contributed by atoms with van der Waals surface area (Å²) < 4.78 is 1.32. The highest BCUT2D eigenvalue weighted by molar-refractivity contribution is 7.17. The van der Waals surface area contributed by atoms with Gasteiger partial charge in [0.15, 0.2) is 0 Å². The van der Waals surface area contributed by atoms with Crippen molar-refractivity contribution in [2.45, 2.75) is 40.0 Å². The molecule has 0 spiro atoms. The molecule has 32 heavy (non-hydrogen) atoms. The summed E-state index contributed by atoms with van der Waals surface area (Å²) in [7, 11) is 1.63. The van der Waals surface area contributed by atoms with Gasteiger partial charge in [-0.05, 0) is 76.4 Å². The lowest BCUT2D eigenvalue weighted by Crippen LogP contribution is -2.23. The van der Waals surface area contributed by atoms with Gasteiger partial charge in [-0.1, -0.05) is 12.1 Å². The van der Waals surface area contributed by atoms with Gasteiger partial charge < -0.3 is 10.2 Å². The fourth-order valence-corrected chi connectivity index (χ4v) is 5.11. The summed E-state index contributed by atoms with van der Waals surface area (Å²) >= 11 is 1.24. The minimum atomic E-state index is -0.212. The lowest BCUT2D eigenvalue weighted by molar-refractivity contribution is 0.103. The maximum absolute atomic E-state index is 12.9. The molecule has 1 aliphatic rings. The van der Waals surface area contributed by atoms with Crippen molar-refractivity contribution in [1.29, 1.82) is 0 Å². The summed E-state index contributed by atoms with van der Waals surface area (Å²) in [5, 5.41) is 7.74. The Balaban J connectivity index is 1.48. The molecule has 1 aliphatic heterocycles. The molecule has 0 radical (unpaired) electrons. The minimum Gasteiger partial charge on any atom is -0.321 e. The molecule has 2 aromatic heterocycles. The number of likely N-dealkylation sites (tertiary alicyclic amines) is 1. The highest BCUT2D eigenvalue weighted by atomic mass is 32.1. The summed E-state index contributed by atoms with van der Waals surface area (Å²) in [4.78, 5) is 33.1. The molecular weight excluding hydrogens is 422 g/mol. The Kier molecular flexibility index (Phi) is 6.53. The quantitative estimate of drug-likeness (QED) is 0.618. The Hall–Kier alpha value is -2.84. The fraction of sp³-hybridized carbons (Fsp3) is 0.417. The summed E-state index contributed by atoms with van der Waals surface area (Å²) in [5.41, 5.74) is 4.49. The largest absolute Gasteiger partial charge is 0.321 e.